The third-order valence-corrected chi connectivity index (χ3v) is 3.67. The number of guanidine groups is 1. The molecule has 8 heteroatoms. The molecule has 0 bridgehead atoms. The predicted octanol–water partition coefficient (Wildman–Crippen LogP) is 2.52. The summed E-state index contributed by atoms with van der Waals surface area (Å²) in [5.41, 5.74) is -0.500. The second kappa shape index (κ2) is 12.2. The first-order valence-electron chi connectivity index (χ1n) is 9.81. The summed E-state index contributed by atoms with van der Waals surface area (Å²) in [6.07, 6.45) is 8.18. The number of aromatic nitrogens is 2. The normalized spacial score (nSPS) is 13.1. The summed E-state index contributed by atoms with van der Waals surface area (Å²) in [4.78, 5) is 20.6. The Balaban J connectivity index is 2.58. The van der Waals surface area contributed by atoms with Crippen molar-refractivity contribution in [1.29, 1.82) is 0 Å². The molecule has 0 aromatic carbocycles. The van der Waals surface area contributed by atoms with Crippen LogP contribution in [0.2, 0.25) is 0 Å². The molecule has 0 aliphatic carbocycles. The zero-order valence-corrected chi connectivity index (χ0v) is 17.4. The molecule has 154 valence electrons. The molecule has 1 heterocycles. The molecule has 0 saturated heterocycles. The third-order valence-electron chi connectivity index (χ3n) is 3.67. The Morgan fingerprint density at radius 2 is 2.07 bits per heavy atom. The monoisotopic (exact) mass is 380 g/mol. The SMILES string of the molecule is CCCCC(CNC(=O)OC(C)(C)C)NC(=NCCn1ccnc1)NCC. The quantitative estimate of drug-likeness (QED) is 0.428. The first-order chi connectivity index (χ1) is 12.8. The molecule has 0 saturated carbocycles. The van der Waals surface area contributed by atoms with Gasteiger partial charge < -0.3 is 25.3 Å². The van der Waals surface area contributed by atoms with Crippen molar-refractivity contribution in [3.63, 3.8) is 0 Å². The molecule has 1 rings (SSSR count). The van der Waals surface area contributed by atoms with Crippen molar-refractivity contribution in [1.82, 2.24) is 25.5 Å². The number of unbranched alkanes of at least 4 members (excludes halogenated alkanes) is 1. The fourth-order valence-corrected chi connectivity index (χ4v) is 2.41. The molecule has 1 aromatic heterocycles. The van der Waals surface area contributed by atoms with Crippen molar-refractivity contribution < 1.29 is 9.53 Å². The summed E-state index contributed by atoms with van der Waals surface area (Å²) in [5.74, 6) is 0.754. The van der Waals surface area contributed by atoms with E-state index in [2.05, 4.69) is 32.9 Å². The number of hydrogen-bond donors (Lipinski definition) is 3. The van der Waals surface area contributed by atoms with E-state index in [1.54, 1.807) is 12.5 Å². The topological polar surface area (TPSA) is 92.6 Å². The van der Waals surface area contributed by atoms with Crippen molar-refractivity contribution in [2.75, 3.05) is 19.6 Å². The molecule has 0 aliphatic rings. The number of carbonyl (C=O) groups excluding carboxylic acids is 1. The van der Waals surface area contributed by atoms with Crippen LogP contribution in [0.25, 0.3) is 0 Å². The lowest BCUT2D eigenvalue weighted by Gasteiger charge is -2.24. The number of ether oxygens (including phenoxy) is 1. The van der Waals surface area contributed by atoms with Crippen LogP contribution in [0, 0.1) is 0 Å². The summed E-state index contributed by atoms with van der Waals surface area (Å²) in [7, 11) is 0. The predicted molar refractivity (Wildman–Crippen MR) is 109 cm³/mol. The lowest BCUT2D eigenvalue weighted by Crippen LogP contribution is -2.49. The Hall–Kier alpha value is -2.25. The van der Waals surface area contributed by atoms with E-state index in [1.807, 2.05) is 38.5 Å². The number of carbonyl (C=O) groups is 1. The van der Waals surface area contributed by atoms with Gasteiger partial charge in [-0.3, -0.25) is 4.99 Å². The highest BCUT2D eigenvalue weighted by Crippen LogP contribution is 2.07. The molecule has 0 spiro atoms. The average molecular weight is 381 g/mol. The van der Waals surface area contributed by atoms with E-state index in [4.69, 9.17) is 4.74 Å². The number of imidazole rings is 1. The van der Waals surface area contributed by atoms with E-state index in [0.717, 1.165) is 38.3 Å². The zero-order chi connectivity index (χ0) is 20.1. The molecule has 1 unspecified atom stereocenters. The molecule has 0 aliphatic heterocycles. The largest absolute Gasteiger partial charge is 0.444 e. The van der Waals surface area contributed by atoms with Crippen molar-refractivity contribution in [3.8, 4) is 0 Å². The summed E-state index contributed by atoms with van der Waals surface area (Å²) in [6.45, 7) is 12.4. The molecule has 1 atom stereocenters. The first kappa shape index (κ1) is 22.8. The number of hydrogen-bond acceptors (Lipinski definition) is 4. The minimum Gasteiger partial charge on any atom is -0.444 e. The second-order valence-electron chi connectivity index (χ2n) is 7.43. The Kier molecular flexibility index (Phi) is 10.3. The second-order valence-corrected chi connectivity index (χ2v) is 7.43. The van der Waals surface area contributed by atoms with Crippen LogP contribution in [-0.2, 0) is 11.3 Å². The van der Waals surface area contributed by atoms with E-state index in [1.165, 1.54) is 0 Å². The number of nitrogens with one attached hydrogen (secondary N) is 3. The van der Waals surface area contributed by atoms with Crippen LogP contribution in [0.5, 0.6) is 0 Å². The Morgan fingerprint density at radius 3 is 2.67 bits per heavy atom. The van der Waals surface area contributed by atoms with Crippen LogP contribution in [0.4, 0.5) is 4.79 Å². The van der Waals surface area contributed by atoms with E-state index in [9.17, 15) is 4.79 Å². The van der Waals surface area contributed by atoms with Crippen LogP contribution in [0.3, 0.4) is 0 Å². The standard InChI is InChI=1S/C19H36N6O2/c1-6-8-9-16(14-23-18(26)27-19(3,4)5)24-17(21-7-2)22-11-13-25-12-10-20-15-25/h10,12,15-16H,6-9,11,13-14H2,1-5H3,(H,23,26)(H2,21,22,24). The van der Waals surface area contributed by atoms with Gasteiger partial charge in [-0.25, -0.2) is 9.78 Å². The maximum atomic E-state index is 11.9. The summed E-state index contributed by atoms with van der Waals surface area (Å²) >= 11 is 0. The van der Waals surface area contributed by atoms with Gasteiger partial charge in [0.05, 0.1) is 12.9 Å². The highest BCUT2D eigenvalue weighted by molar-refractivity contribution is 5.80. The van der Waals surface area contributed by atoms with Crippen molar-refractivity contribution in [2.45, 2.75) is 72.1 Å². The van der Waals surface area contributed by atoms with Gasteiger partial charge in [-0.2, -0.15) is 0 Å². The molecule has 1 amide bonds. The van der Waals surface area contributed by atoms with Gasteiger partial charge in [-0.05, 0) is 34.1 Å². The van der Waals surface area contributed by atoms with Crippen molar-refractivity contribution in [2.24, 2.45) is 4.99 Å². The molecular weight excluding hydrogens is 344 g/mol. The number of amides is 1. The molecule has 3 N–H and O–H groups in total. The molecule has 0 fully saturated rings. The molecule has 27 heavy (non-hydrogen) atoms. The van der Waals surface area contributed by atoms with E-state index in [0.29, 0.717) is 13.1 Å². The van der Waals surface area contributed by atoms with Crippen LogP contribution in [-0.4, -0.2) is 52.9 Å². The van der Waals surface area contributed by atoms with Crippen LogP contribution in [0.1, 0.15) is 53.9 Å². The number of nitrogens with zero attached hydrogens (tertiary/aromatic N) is 3. The van der Waals surface area contributed by atoms with Gasteiger partial charge in [0.1, 0.15) is 5.60 Å². The number of aliphatic imine (C=N–C) groups is 1. The molecule has 1 aromatic rings. The van der Waals surface area contributed by atoms with Crippen LogP contribution < -0.4 is 16.0 Å². The van der Waals surface area contributed by atoms with E-state index >= 15 is 0 Å². The molecular formula is C19H36N6O2. The minimum absolute atomic E-state index is 0.0866. The van der Waals surface area contributed by atoms with Gasteiger partial charge in [-0.1, -0.05) is 19.8 Å². The maximum absolute atomic E-state index is 11.9. The highest BCUT2D eigenvalue weighted by atomic mass is 16.6. The average Bonchev–Trinajstić information content (AvgIpc) is 3.09. The minimum atomic E-state index is -0.500. The van der Waals surface area contributed by atoms with Gasteiger partial charge in [0.15, 0.2) is 5.96 Å². The zero-order valence-electron chi connectivity index (χ0n) is 17.4. The van der Waals surface area contributed by atoms with Gasteiger partial charge >= 0.3 is 6.09 Å². The Labute approximate surface area is 163 Å². The van der Waals surface area contributed by atoms with Gasteiger partial charge in [0.2, 0.25) is 0 Å². The maximum Gasteiger partial charge on any atom is 0.407 e. The fourth-order valence-electron chi connectivity index (χ4n) is 2.41. The van der Waals surface area contributed by atoms with Crippen LogP contribution >= 0.6 is 0 Å². The Bertz CT molecular complexity index is 551. The van der Waals surface area contributed by atoms with E-state index in [-0.39, 0.29) is 6.04 Å². The molecule has 8 nitrogen and oxygen atoms in total. The lowest BCUT2D eigenvalue weighted by atomic mass is 10.1. The summed E-state index contributed by atoms with van der Waals surface area (Å²) in [5, 5.41) is 9.55. The lowest BCUT2D eigenvalue weighted by molar-refractivity contribution is 0.0523. The highest BCUT2D eigenvalue weighted by Gasteiger charge is 2.18. The van der Waals surface area contributed by atoms with Crippen LogP contribution in [0.15, 0.2) is 23.7 Å². The van der Waals surface area contributed by atoms with Crippen molar-refractivity contribution in [3.05, 3.63) is 18.7 Å². The summed E-state index contributed by atoms with van der Waals surface area (Å²) < 4.78 is 7.31. The third kappa shape index (κ3) is 11.1. The first-order valence-corrected chi connectivity index (χ1v) is 9.81. The van der Waals surface area contributed by atoms with Gasteiger partial charge in [0.25, 0.3) is 0 Å². The fraction of sp³-hybridized carbons (Fsp3) is 0.737. The molecule has 0 radical (unpaired) electrons. The van der Waals surface area contributed by atoms with Gasteiger partial charge in [-0.15, -0.1) is 0 Å². The number of alkyl carbamates (subject to hydrolysis) is 1. The number of rotatable bonds is 10. The summed E-state index contributed by atoms with van der Waals surface area (Å²) in [6, 6.07) is 0.0866. The smallest absolute Gasteiger partial charge is 0.407 e. The van der Waals surface area contributed by atoms with E-state index < -0.39 is 11.7 Å². The Morgan fingerprint density at radius 1 is 1.30 bits per heavy atom. The van der Waals surface area contributed by atoms with Crippen molar-refractivity contribution >= 4 is 12.1 Å². The van der Waals surface area contributed by atoms with Gasteiger partial charge in [0, 0.05) is 38.1 Å².